The van der Waals surface area contributed by atoms with E-state index in [4.69, 9.17) is 14.9 Å². The van der Waals surface area contributed by atoms with E-state index >= 15 is 0 Å². The Balaban J connectivity index is 2.67. The number of ether oxygens (including phenoxy) is 1. The van der Waals surface area contributed by atoms with Crippen molar-refractivity contribution in [3.8, 4) is 11.5 Å². The molecule has 1 rings (SSSR count). The summed E-state index contributed by atoms with van der Waals surface area (Å²) in [4.78, 5) is 10.7. The molecule has 100 valence electrons. The maximum atomic E-state index is 10.7. The Morgan fingerprint density at radius 3 is 2.78 bits per heavy atom. The van der Waals surface area contributed by atoms with Crippen LogP contribution in [0.4, 0.5) is 0 Å². The minimum Gasteiger partial charge on any atom is -0.504 e. The van der Waals surface area contributed by atoms with Crippen molar-refractivity contribution in [3.05, 3.63) is 23.8 Å². The van der Waals surface area contributed by atoms with Gasteiger partial charge < -0.3 is 20.1 Å². The van der Waals surface area contributed by atoms with Gasteiger partial charge in [0.1, 0.15) is 6.04 Å². The topological polar surface area (TPSA) is 99.0 Å². The average molecular weight is 255 g/mol. The summed E-state index contributed by atoms with van der Waals surface area (Å²) in [6.07, 6.45) is 0. The number of nitrogens with one attached hydrogen (secondary N) is 1. The molecule has 0 radical (unpaired) electrons. The fraction of sp³-hybridized carbons (Fsp3) is 0.417. The van der Waals surface area contributed by atoms with E-state index in [9.17, 15) is 9.90 Å². The maximum absolute atomic E-state index is 10.7. The van der Waals surface area contributed by atoms with Crippen LogP contribution in [-0.2, 0) is 11.3 Å². The Bertz CT molecular complexity index is 407. The number of aliphatic carboxylic acids is 1. The lowest BCUT2D eigenvalue weighted by Crippen LogP contribution is -2.39. The third kappa shape index (κ3) is 3.90. The van der Waals surface area contributed by atoms with Crippen molar-refractivity contribution in [1.29, 1.82) is 0 Å². The summed E-state index contributed by atoms with van der Waals surface area (Å²) in [6, 6.07) is 3.76. The number of aliphatic hydroxyl groups is 1. The van der Waals surface area contributed by atoms with E-state index in [1.54, 1.807) is 19.1 Å². The minimum atomic E-state index is -1.11. The quantitative estimate of drug-likeness (QED) is 0.560. The predicted molar refractivity (Wildman–Crippen MR) is 64.6 cm³/mol. The molecule has 0 aliphatic carbocycles. The highest BCUT2D eigenvalue weighted by atomic mass is 16.5. The van der Waals surface area contributed by atoms with Gasteiger partial charge in [0.25, 0.3) is 0 Å². The van der Waals surface area contributed by atoms with Gasteiger partial charge in [-0.3, -0.25) is 10.1 Å². The summed E-state index contributed by atoms with van der Waals surface area (Å²) in [6.45, 7) is 2.01. The maximum Gasteiger partial charge on any atom is 0.323 e. The van der Waals surface area contributed by atoms with Gasteiger partial charge in [0, 0.05) is 6.54 Å². The van der Waals surface area contributed by atoms with Crippen LogP contribution in [0, 0.1) is 0 Å². The number of phenols is 1. The second-order valence-corrected chi connectivity index (χ2v) is 3.69. The molecule has 1 aromatic carbocycles. The highest BCUT2D eigenvalue weighted by Crippen LogP contribution is 2.26. The van der Waals surface area contributed by atoms with Crippen LogP contribution >= 0.6 is 0 Å². The van der Waals surface area contributed by atoms with E-state index in [0.29, 0.717) is 12.4 Å². The molecule has 4 N–H and O–H groups in total. The Hall–Kier alpha value is -1.79. The number of hydrogen-bond donors (Lipinski definition) is 4. The molecular formula is C12H17NO5. The lowest BCUT2D eigenvalue weighted by atomic mass is 10.2. The molecule has 0 saturated heterocycles. The monoisotopic (exact) mass is 255 g/mol. The molecule has 1 unspecified atom stereocenters. The second kappa shape index (κ2) is 6.83. The first-order valence-corrected chi connectivity index (χ1v) is 5.60. The molecule has 18 heavy (non-hydrogen) atoms. The number of rotatable bonds is 7. The number of phenolic OH excluding ortho intramolecular Hbond substituents is 1. The first-order chi connectivity index (χ1) is 8.58. The van der Waals surface area contributed by atoms with E-state index in [1.165, 1.54) is 6.07 Å². The zero-order valence-electron chi connectivity index (χ0n) is 10.1. The molecule has 6 heteroatoms. The average Bonchev–Trinajstić information content (AvgIpc) is 2.33. The van der Waals surface area contributed by atoms with Gasteiger partial charge in [-0.2, -0.15) is 0 Å². The van der Waals surface area contributed by atoms with Crippen LogP contribution in [0.5, 0.6) is 11.5 Å². The summed E-state index contributed by atoms with van der Waals surface area (Å²) < 4.78 is 5.21. The molecule has 0 aliphatic rings. The molecule has 0 heterocycles. The van der Waals surface area contributed by atoms with Crippen molar-refractivity contribution in [2.45, 2.75) is 19.5 Å². The summed E-state index contributed by atoms with van der Waals surface area (Å²) >= 11 is 0. The molecule has 0 saturated carbocycles. The zero-order valence-corrected chi connectivity index (χ0v) is 10.1. The van der Waals surface area contributed by atoms with Crippen molar-refractivity contribution in [2.24, 2.45) is 0 Å². The highest BCUT2D eigenvalue weighted by Gasteiger charge is 2.15. The molecule has 0 aliphatic heterocycles. The predicted octanol–water partition coefficient (Wildman–Crippen LogP) is 0.326. The van der Waals surface area contributed by atoms with Crippen LogP contribution in [-0.4, -0.2) is 40.5 Å². The molecule has 0 fully saturated rings. The van der Waals surface area contributed by atoms with Crippen molar-refractivity contribution < 1.29 is 24.9 Å². The van der Waals surface area contributed by atoms with E-state index in [1.807, 2.05) is 0 Å². The zero-order chi connectivity index (χ0) is 13.5. The standard InChI is InChI=1S/C12H17NO5/c1-2-18-11-5-8(3-4-10(11)15)6-13-9(7-14)12(16)17/h3-5,9,13-15H,2,6-7H2,1H3,(H,16,17). The Labute approximate surface area is 105 Å². The number of carboxylic acid groups (broad SMARTS) is 1. The van der Waals surface area contributed by atoms with Crippen molar-refractivity contribution in [1.82, 2.24) is 5.32 Å². The summed E-state index contributed by atoms with van der Waals surface area (Å²) in [7, 11) is 0. The van der Waals surface area contributed by atoms with Crippen molar-refractivity contribution in [2.75, 3.05) is 13.2 Å². The van der Waals surface area contributed by atoms with Gasteiger partial charge in [-0.15, -0.1) is 0 Å². The number of aromatic hydroxyl groups is 1. The van der Waals surface area contributed by atoms with E-state index < -0.39 is 18.6 Å². The number of carbonyl (C=O) groups is 1. The Kier molecular flexibility index (Phi) is 5.41. The smallest absolute Gasteiger partial charge is 0.323 e. The lowest BCUT2D eigenvalue weighted by molar-refractivity contribution is -0.140. The third-order valence-electron chi connectivity index (χ3n) is 2.36. The van der Waals surface area contributed by atoms with Crippen LogP contribution in [0.1, 0.15) is 12.5 Å². The van der Waals surface area contributed by atoms with E-state index in [0.717, 1.165) is 5.56 Å². The number of carboxylic acids is 1. The van der Waals surface area contributed by atoms with Crippen LogP contribution in [0.3, 0.4) is 0 Å². The largest absolute Gasteiger partial charge is 0.504 e. The van der Waals surface area contributed by atoms with Gasteiger partial charge >= 0.3 is 5.97 Å². The van der Waals surface area contributed by atoms with Crippen LogP contribution in [0.15, 0.2) is 18.2 Å². The number of aliphatic hydroxyl groups excluding tert-OH is 1. The molecule has 0 aromatic heterocycles. The normalized spacial score (nSPS) is 12.1. The summed E-state index contributed by atoms with van der Waals surface area (Å²) in [5, 5.41) is 29.8. The van der Waals surface area contributed by atoms with Crippen LogP contribution < -0.4 is 10.1 Å². The summed E-state index contributed by atoms with van der Waals surface area (Å²) in [5.41, 5.74) is 0.760. The molecule has 0 spiro atoms. The Morgan fingerprint density at radius 2 is 2.22 bits per heavy atom. The van der Waals surface area contributed by atoms with Crippen LogP contribution in [0.25, 0.3) is 0 Å². The van der Waals surface area contributed by atoms with Gasteiger partial charge in [-0.1, -0.05) is 6.07 Å². The molecule has 1 atom stereocenters. The van der Waals surface area contributed by atoms with Gasteiger partial charge in [0.05, 0.1) is 13.2 Å². The first kappa shape index (κ1) is 14.3. The fourth-order valence-corrected chi connectivity index (χ4v) is 1.41. The molecule has 6 nitrogen and oxygen atoms in total. The number of hydrogen-bond acceptors (Lipinski definition) is 5. The number of benzene rings is 1. The van der Waals surface area contributed by atoms with E-state index in [2.05, 4.69) is 5.32 Å². The molecule has 1 aromatic rings. The van der Waals surface area contributed by atoms with Crippen LogP contribution in [0.2, 0.25) is 0 Å². The lowest BCUT2D eigenvalue weighted by Gasteiger charge is -2.12. The first-order valence-electron chi connectivity index (χ1n) is 5.60. The van der Waals surface area contributed by atoms with Gasteiger partial charge in [-0.25, -0.2) is 0 Å². The molecule has 0 bridgehead atoms. The fourth-order valence-electron chi connectivity index (χ4n) is 1.41. The second-order valence-electron chi connectivity index (χ2n) is 3.69. The minimum absolute atomic E-state index is 0.0394. The van der Waals surface area contributed by atoms with Gasteiger partial charge in [-0.05, 0) is 24.6 Å². The van der Waals surface area contributed by atoms with Gasteiger partial charge in [0.15, 0.2) is 11.5 Å². The molecular weight excluding hydrogens is 238 g/mol. The van der Waals surface area contributed by atoms with Crippen molar-refractivity contribution >= 4 is 5.97 Å². The van der Waals surface area contributed by atoms with Crippen molar-refractivity contribution in [3.63, 3.8) is 0 Å². The molecule has 0 amide bonds. The van der Waals surface area contributed by atoms with E-state index in [-0.39, 0.29) is 12.3 Å². The summed E-state index contributed by atoms with van der Waals surface area (Å²) in [5.74, 6) is -0.716. The third-order valence-corrected chi connectivity index (χ3v) is 2.36. The Morgan fingerprint density at radius 1 is 1.50 bits per heavy atom. The SMILES string of the molecule is CCOc1cc(CNC(CO)C(=O)O)ccc1O. The highest BCUT2D eigenvalue weighted by molar-refractivity contribution is 5.73. The van der Waals surface area contributed by atoms with Gasteiger partial charge in [0.2, 0.25) is 0 Å².